The number of hydrogen-bond donors (Lipinski definition) is 31. The second-order valence-corrected chi connectivity index (χ2v) is 34.3. The summed E-state index contributed by atoms with van der Waals surface area (Å²) in [6.45, 7) is 0.832. The molecule has 8 heterocycles. The van der Waals surface area contributed by atoms with Crippen LogP contribution in [0.1, 0.15) is 58.8 Å². The average Bonchev–Trinajstić information content (AvgIpc) is 0.718. The predicted octanol–water partition coefficient (Wildman–Crippen LogP) is -19.1. The first-order valence-corrected chi connectivity index (χ1v) is 45.4. The standard InChI is InChI=1S/C23H41N3O13.C23H43N3O12.C19H37N3O12.C16H28N2O12/c1-10(28)25-13-17(14(29)12(9-27)37-22(13)36-4)38-23-16(31)15(30)18(34-2)19(39-23)20(32)26-11(21(33)35-3)7-5-6-8-24;1-33-19-11(10-36-23(25)26-12(21(32)34-2)6-4-5-7-24)8-13(15(28)16(19)29)37-20-14(9-27)38-22(35-3)18(31)17(20)30;1-5-9(20)14(28)16(7(3-24)30-5)33-19-11(22)15(29)17(8(4-25)32-19)34-18-10(21)13(27)12(26)6(2-23)31-18;1-26-9-5(19)8(22)16(29-11(9)13(23)18-4-3-17)28-10-6(20)7(21)15(27-2)30-12(10)14(24)25/h11-19,22-23,27,29-31H,5-9,24H2,1-4H3,(H,25,28)(H,26,32);11-20,22,27-31H,4-10,24H2,1-3H3,(H2,25,26);5-19,23-29H,2-4,20-22H2,1H3;5-12,15-16,19-22H,3-4,17H2,1-2H3,(H,18,23)(H,24,25)/t11?,12?,13?,14-,15-,16?,17-,18+,19?,22-,23-;11?,12?,13-,14?,15?,16-,17-,18?,19-,20-,22-;5-,6?,7?,8?,9?,10?,11?,12+,13+,14+,15+,16+,17+,18-,19-;5-,6-,7?,8?,9+,10+,11?,12?,15-,16-/m1101/s1. The van der Waals surface area contributed by atoms with Gasteiger partial charge >= 0.3 is 17.9 Å². The van der Waals surface area contributed by atoms with Gasteiger partial charge in [-0.2, -0.15) is 0 Å². The highest BCUT2D eigenvalue weighted by Gasteiger charge is 2.59. The van der Waals surface area contributed by atoms with Crippen molar-refractivity contribution in [2.45, 2.75) is 341 Å². The minimum Gasteiger partial charge on any atom is -0.479 e. The van der Waals surface area contributed by atoms with Crippen molar-refractivity contribution in [2.24, 2.45) is 51.0 Å². The summed E-state index contributed by atoms with van der Waals surface area (Å²) in [5.74, 6) is -5.51. The maximum atomic E-state index is 13.2. The van der Waals surface area contributed by atoms with E-state index in [1.807, 2.05) is 0 Å². The summed E-state index contributed by atoms with van der Waals surface area (Å²) in [6, 6.07) is -6.67. The van der Waals surface area contributed by atoms with E-state index in [0.29, 0.717) is 45.2 Å². The molecule has 9 fully saturated rings. The normalized spacial score (nSPS) is 41.4. The second-order valence-electron chi connectivity index (χ2n) is 34.3. The first-order chi connectivity index (χ1) is 66.9. The lowest BCUT2D eigenvalue weighted by molar-refractivity contribution is -0.348. The average molecular weight is 2060 g/mol. The van der Waals surface area contributed by atoms with E-state index in [9.17, 15) is 136 Å². The number of unbranched alkanes of at least 4 members (excludes halogenated alkanes) is 2. The van der Waals surface area contributed by atoms with Gasteiger partial charge in [0.15, 0.2) is 68.4 Å². The molecule has 47 atom stereocenters. The number of nitrogens with one attached hydrogen (secondary N) is 3. The molecule has 38 N–H and O–H groups in total. The van der Waals surface area contributed by atoms with E-state index in [1.54, 1.807) is 6.92 Å². The van der Waals surface area contributed by atoms with E-state index in [-0.39, 0.29) is 38.6 Å². The molecule has 60 nitrogen and oxygen atoms in total. The van der Waals surface area contributed by atoms with Gasteiger partial charge in [0.1, 0.15) is 177 Å². The number of aliphatic hydroxyl groups is 20. The number of carboxylic acid groups (broad SMARTS) is 1. The zero-order valence-corrected chi connectivity index (χ0v) is 79.5. The highest BCUT2D eigenvalue weighted by Crippen LogP contribution is 2.39. The largest absolute Gasteiger partial charge is 0.479 e. The molecule has 60 heteroatoms. The zero-order valence-electron chi connectivity index (χ0n) is 79.5. The lowest BCUT2D eigenvalue weighted by atomic mass is 9.80. The van der Waals surface area contributed by atoms with Crippen LogP contribution in [0.4, 0.5) is 0 Å². The molecule has 9 rings (SSSR count). The van der Waals surface area contributed by atoms with E-state index in [4.69, 9.17) is 144 Å². The minimum absolute atomic E-state index is 0.0755. The van der Waals surface area contributed by atoms with E-state index < -0.39 is 356 Å². The maximum absolute atomic E-state index is 13.2. The molecule has 8 saturated heterocycles. The van der Waals surface area contributed by atoms with Gasteiger partial charge in [0.05, 0.1) is 90.3 Å². The van der Waals surface area contributed by atoms with Gasteiger partial charge in [0.2, 0.25) is 5.91 Å². The van der Waals surface area contributed by atoms with Crippen LogP contribution in [0.3, 0.4) is 0 Å². The SMILES string of the molecule is COC(=O)C(CCCCN)N=C(N)OCC1C[C@@H](O[C@@H]2C(CO)O[C@@H](OC)C(O)[C@H]2O)C(O)[C@@H](O)[C@@H]1OC.COC(=O)C(CCCCN)NC(=O)C1O[C@@H](O[C@@H]2C(NC(C)=O)[C@H](OC)OC(CO)[C@H]2O)C(O)[C@@H](O)[C@@H]1OC.CO[C@@H]1OC(C(=O)O)[C@@H](O[C@@H]2OC(C(=O)NCCN)[C@@H](OC)[C@H](O)C2O)[C@H](O)C1O.C[C@@H]1OC(CO)[C@@H](O[C@@H]2OC(CO)[C@@H](O[C@@H]3OC(CO)[C@@H](O)[C@H](O)C3N)[C@H](O)C2N)[C@H](O)C1N. The smallest absolute Gasteiger partial charge is 0.335 e. The molecule has 1 aliphatic carbocycles. The number of nitrogens with zero attached hydrogens (tertiary/aromatic N) is 1. The quantitative estimate of drug-likeness (QED) is 0.0117. The Morgan fingerprint density at radius 2 is 0.809 bits per heavy atom. The van der Waals surface area contributed by atoms with Crippen LogP contribution in [0.15, 0.2) is 4.99 Å². The van der Waals surface area contributed by atoms with E-state index >= 15 is 0 Å². The molecule has 0 radical (unpaired) electrons. The third-order valence-electron chi connectivity index (χ3n) is 24.9. The van der Waals surface area contributed by atoms with Gasteiger partial charge in [0.25, 0.3) is 17.8 Å². The van der Waals surface area contributed by atoms with Gasteiger partial charge in [-0.25, -0.2) is 19.4 Å². The summed E-state index contributed by atoms with van der Waals surface area (Å²) >= 11 is 0. The molecule has 0 aromatic heterocycles. The molecule has 8 aliphatic heterocycles. The predicted molar refractivity (Wildman–Crippen MR) is 465 cm³/mol. The number of rotatable bonds is 41. The monoisotopic (exact) mass is 2060 g/mol. The van der Waals surface area contributed by atoms with Crippen LogP contribution in [0.25, 0.3) is 0 Å². The first kappa shape index (κ1) is 124. The number of aliphatic imine (C=N–C) groups is 1. The summed E-state index contributed by atoms with van der Waals surface area (Å²) in [5.41, 5.74) is 40.2. The third-order valence-corrected chi connectivity index (χ3v) is 24.9. The van der Waals surface area contributed by atoms with Crippen LogP contribution in [-0.4, -0.2) is 553 Å². The number of aliphatic carboxylic acids is 1. The van der Waals surface area contributed by atoms with Crippen molar-refractivity contribution in [2.75, 3.05) is 123 Å². The fraction of sp³-hybridized carbons (Fsp3) is 0.914. The number of carbonyl (C=O) groups excluding carboxylic acids is 5. The van der Waals surface area contributed by atoms with Crippen LogP contribution in [0.5, 0.6) is 0 Å². The first-order valence-electron chi connectivity index (χ1n) is 45.4. The summed E-state index contributed by atoms with van der Waals surface area (Å²) in [5, 5.41) is 222. The number of ether oxygens (including phenoxy) is 22. The number of carboxylic acids is 1. The number of amides is 3. The van der Waals surface area contributed by atoms with Crippen molar-refractivity contribution < 1.29 is 240 Å². The summed E-state index contributed by atoms with van der Waals surface area (Å²) in [6.07, 6.45) is -52.9. The van der Waals surface area contributed by atoms with Gasteiger partial charge in [-0.1, -0.05) is 0 Å². The van der Waals surface area contributed by atoms with Gasteiger partial charge in [0, 0.05) is 68.6 Å². The fourth-order valence-electron chi connectivity index (χ4n) is 16.9. The van der Waals surface area contributed by atoms with Gasteiger partial charge in [-0.05, 0) is 65.0 Å². The molecule has 0 spiro atoms. The number of aliphatic hydroxyl groups excluding tert-OH is 20. The van der Waals surface area contributed by atoms with Crippen molar-refractivity contribution in [1.82, 2.24) is 16.0 Å². The van der Waals surface area contributed by atoms with Gasteiger partial charge < -0.3 is 268 Å². The van der Waals surface area contributed by atoms with Crippen LogP contribution in [0, 0.1) is 5.92 Å². The molecule has 20 unspecified atom stereocenters. The Morgan fingerprint density at radius 3 is 1.29 bits per heavy atom. The van der Waals surface area contributed by atoms with Crippen LogP contribution >= 0.6 is 0 Å². The molecule has 822 valence electrons. The van der Waals surface area contributed by atoms with Crippen molar-refractivity contribution in [1.29, 1.82) is 0 Å². The number of amidine groups is 1. The van der Waals surface area contributed by atoms with Crippen molar-refractivity contribution in [3.8, 4) is 0 Å². The highest BCUT2D eigenvalue weighted by atomic mass is 16.8. The molecular weight excluding hydrogens is 1910 g/mol. The Hall–Kier alpha value is -5.71. The van der Waals surface area contributed by atoms with E-state index in [2.05, 4.69) is 20.9 Å². The Kier molecular flexibility index (Phi) is 52.8. The highest BCUT2D eigenvalue weighted by molar-refractivity contribution is 5.87. The molecule has 3 amide bonds. The van der Waals surface area contributed by atoms with E-state index in [0.717, 1.165) is 7.11 Å². The van der Waals surface area contributed by atoms with Gasteiger partial charge in [-0.15, -0.1) is 0 Å². The molecule has 9 aliphatic rings. The molecular formula is C81H149N11O49. The number of esters is 2. The number of hydrogen-bond acceptors (Lipinski definition) is 55. The van der Waals surface area contributed by atoms with Gasteiger partial charge in [-0.3, -0.25) is 14.4 Å². The summed E-state index contributed by atoms with van der Waals surface area (Å²) in [7, 11) is 9.83. The third kappa shape index (κ3) is 31.9. The Balaban J connectivity index is 0.000000289. The summed E-state index contributed by atoms with van der Waals surface area (Å²) < 4.78 is 118. The van der Waals surface area contributed by atoms with Crippen molar-refractivity contribution in [3.63, 3.8) is 0 Å². The van der Waals surface area contributed by atoms with Crippen LogP contribution < -0.4 is 56.1 Å². The van der Waals surface area contributed by atoms with Crippen LogP contribution in [0.2, 0.25) is 0 Å². The second kappa shape index (κ2) is 60.1. The fourth-order valence-corrected chi connectivity index (χ4v) is 16.9. The molecule has 1 saturated carbocycles. The number of nitrogens with two attached hydrogens (primary N) is 7. The van der Waals surface area contributed by atoms with Crippen molar-refractivity contribution >= 4 is 41.7 Å². The molecule has 0 bridgehead atoms. The topological polar surface area (TPSA) is 961 Å². The van der Waals surface area contributed by atoms with Crippen LogP contribution in [-0.2, 0) is 133 Å². The Labute approximate surface area is 809 Å². The Morgan fingerprint density at radius 1 is 0.397 bits per heavy atom. The lowest BCUT2D eigenvalue weighted by Crippen LogP contribution is -2.69. The summed E-state index contributed by atoms with van der Waals surface area (Å²) in [4.78, 5) is 77.4. The van der Waals surface area contributed by atoms with E-state index in [1.165, 1.54) is 56.7 Å². The molecule has 0 aromatic rings. The minimum atomic E-state index is -1.82. The molecule has 141 heavy (non-hydrogen) atoms. The lowest BCUT2D eigenvalue weighted by Gasteiger charge is -2.48. The molecule has 0 aromatic carbocycles. The number of carbonyl (C=O) groups is 6. The Bertz CT molecular complexity index is 3700. The number of methoxy groups -OCH3 is 8. The maximum Gasteiger partial charge on any atom is 0.335 e. The van der Waals surface area contributed by atoms with Crippen molar-refractivity contribution in [3.05, 3.63) is 0 Å². The zero-order chi connectivity index (χ0) is 106.